The number of carbonyl (C=O) groups excluding carboxylic acids is 1. The van der Waals surface area contributed by atoms with Crippen molar-refractivity contribution in [2.45, 2.75) is 51.7 Å². The monoisotopic (exact) mass is 253 g/mol. The standard InChI is InChI=1S/C11H19N5O2/c1-11(2,3)18-10(17)16-7-5-4-6-8(16)9-12-14-15-13-9/h8H,4-7H2,1-3H3,(H,12,13,14,15). The molecule has 0 aliphatic carbocycles. The second kappa shape index (κ2) is 4.91. The number of piperidine rings is 1. The number of amides is 1. The van der Waals surface area contributed by atoms with Gasteiger partial charge in [-0.15, -0.1) is 10.2 Å². The third kappa shape index (κ3) is 2.96. The number of likely N-dealkylation sites (tertiary alicyclic amines) is 1. The molecule has 7 heteroatoms. The van der Waals surface area contributed by atoms with Gasteiger partial charge in [0.25, 0.3) is 0 Å². The lowest BCUT2D eigenvalue weighted by atomic mass is 10.0. The van der Waals surface area contributed by atoms with Crippen LogP contribution in [0.1, 0.15) is 51.9 Å². The van der Waals surface area contributed by atoms with Gasteiger partial charge in [-0.1, -0.05) is 5.21 Å². The fourth-order valence-corrected chi connectivity index (χ4v) is 2.05. The average molecular weight is 253 g/mol. The van der Waals surface area contributed by atoms with E-state index in [2.05, 4.69) is 20.6 Å². The van der Waals surface area contributed by atoms with Gasteiger partial charge in [-0.25, -0.2) is 4.79 Å². The highest BCUT2D eigenvalue weighted by molar-refractivity contribution is 5.68. The molecule has 2 rings (SSSR count). The van der Waals surface area contributed by atoms with Crippen molar-refractivity contribution < 1.29 is 9.53 Å². The Morgan fingerprint density at radius 3 is 2.83 bits per heavy atom. The van der Waals surface area contributed by atoms with Gasteiger partial charge in [0, 0.05) is 6.54 Å². The molecule has 0 spiro atoms. The Morgan fingerprint density at radius 1 is 1.44 bits per heavy atom. The number of H-pyrrole nitrogens is 1. The van der Waals surface area contributed by atoms with Crippen molar-refractivity contribution in [3.05, 3.63) is 5.82 Å². The van der Waals surface area contributed by atoms with Gasteiger partial charge in [0.05, 0.1) is 6.04 Å². The molecule has 1 amide bonds. The minimum Gasteiger partial charge on any atom is -0.444 e. The van der Waals surface area contributed by atoms with Gasteiger partial charge >= 0.3 is 6.09 Å². The fraction of sp³-hybridized carbons (Fsp3) is 0.818. The maximum Gasteiger partial charge on any atom is 0.410 e. The van der Waals surface area contributed by atoms with Gasteiger partial charge in [-0.3, -0.25) is 4.90 Å². The number of hydrogen-bond acceptors (Lipinski definition) is 5. The number of nitrogens with one attached hydrogen (secondary N) is 1. The van der Waals surface area contributed by atoms with Gasteiger partial charge in [0.2, 0.25) is 0 Å². The smallest absolute Gasteiger partial charge is 0.410 e. The van der Waals surface area contributed by atoms with Gasteiger partial charge in [-0.05, 0) is 40.0 Å². The summed E-state index contributed by atoms with van der Waals surface area (Å²) in [5.74, 6) is 0.556. The molecule has 1 aromatic rings. The lowest BCUT2D eigenvalue weighted by Crippen LogP contribution is -2.42. The Kier molecular flexibility index (Phi) is 3.49. The summed E-state index contributed by atoms with van der Waals surface area (Å²) >= 11 is 0. The van der Waals surface area contributed by atoms with Gasteiger partial charge in [-0.2, -0.15) is 5.21 Å². The highest BCUT2D eigenvalue weighted by Gasteiger charge is 2.33. The van der Waals surface area contributed by atoms with Crippen LogP contribution in [-0.2, 0) is 4.74 Å². The van der Waals surface area contributed by atoms with Gasteiger partial charge in [0.15, 0.2) is 5.82 Å². The second-order valence-electron chi connectivity index (χ2n) is 5.46. The van der Waals surface area contributed by atoms with Crippen LogP contribution < -0.4 is 0 Å². The number of aromatic nitrogens is 4. The van der Waals surface area contributed by atoms with E-state index in [9.17, 15) is 4.79 Å². The molecule has 7 nitrogen and oxygen atoms in total. The maximum absolute atomic E-state index is 12.1. The summed E-state index contributed by atoms with van der Waals surface area (Å²) in [4.78, 5) is 13.8. The first-order valence-electron chi connectivity index (χ1n) is 6.20. The minimum atomic E-state index is -0.490. The molecule has 1 aliphatic rings. The number of aromatic amines is 1. The van der Waals surface area contributed by atoms with E-state index >= 15 is 0 Å². The van der Waals surface area contributed by atoms with Crippen molar-refractivity contribution >= 4 is 6.09 Å². The maximum atomic E-state index is 12.1. The van der Waals surface area contributed by atoms with E-state index in [0.717, 1.165) is 19.3 Å². The second-order valence-corrected chi connectivity index (χ2v) is 5.46. The van der Waals surface area contributed by atoms with Crippen LogP contribution in [0.4, 0.5) is 4.79 Å². The first kappa shape index (κ1) is 12.8. The molecular weight excluding hydrogens is 234 g/mol. The van der Waals surface area contributed by atoms with Gasteiger partial charge < -0.3 is 4.74 Å². The van der Waals surface area contributed by atoms with Crippen molar-refractivity contribution in [1.29, 1.82) is 0 Å². The molecule has 18 heavy (non-hydrogen) atoms. The number of tetrazole rings is 1. The fourth-order valence-electron chi connectivity index (χ4n) is 2.05. The SMILES string of the molecule is CC(C)(C)OC(=O)N1CCCCC1c1nn[nH]n1. The topological polar surface area (TPSA) is 84.0 Å². The molecule has 0 bridgehead atoms. The van der Waals surface area contributed by atoms with E-state index < -0.39 is 5.60 Å². The zero-order chi connectivity index (χ0) is 13.2. The molecule has 1 aromatic heterocycles. The highest BCUT2D eigenvalue weighted by Crippen LogP contribution is 2.29. The molecule has 0 saturated carbocycles. The van der Waals surface area contributed by atoms with E-state index in [4.69, 9.17) is 4.74 Å². The third-order valence-electron chi connectivity index (χ3n) is 2.79. The van der Waals surface area contributed by atoms with Crippen molar-refractivity contribution in [2.75, 3.05) is 6.54 Å². The Morgan fingerprint density at radius 2 is 2.22 bits per heavy atom. The molecule has 0 aromatic carbocycles. The van der Waals surface area contributed by atoms with Crippen LogP contribution in [0.3, 0.4) is 0 Å². The van der Waals surface area contributed by atoms with E-state index in [-0.39, 0.29) is 12.1 Å². The van der Waals surface area contributed by atoms with E-state index in [1.807, 2.05) is 20.8 Å². The molecule has 1 N–H and O–H groups in total. The Labute approximate surface area is 106 Å². The molecule has 1 unspecified atom stereocenters. The van der Waals surface area contributed by atoms with Crippen LogP contribution in [0.2, 0.25) is 0 Å². The number of rotatable bonds is 1. The lowest BCUT2D eigenvalue weighted by molar-refractivity contribution is 0.00845. The van der Waals surface area contributed by atoms with E-state index in [1.165, 1.54) is 0 Å². The van der Waals surface area contributed by atoms with Crippen LogP contribution in [-0.4, -0.2) is 43.8 Å². The quantitative estimate of drug-likeness (QED) is 0.822. The first-order valence-corrected chi connectivity index (χ1v) is 6.20. The van der Waals surface area contributed by atoms with Gasteiger partial charge in [0.1, 0.15) is 5.60 Å². The summed E-state index contributed by atoms with van der Waals surface area (Å²) in [7, 11) is 0. The van der Waals surface area contributed by atoms with Crippen LogP contribution >= 0.6 is 0 Å². The molecule has 1 saturated heterocycles. The summed E-state index contributed by atoms with van der Waals surface area (Å²) < 4.78 is 5.41. The molecule has 1 fully saturated rings. The number of ether oxygens (including phenoxy) is 1. The summed E-state index contributed by atoms with van der Waals surface area (Å²) in [6.45, 7) is 6.25. The molecule has 0 radical (unpaired) electrons. The third-order valence-corrected chi connectivity index (χ3v) is 2.79. The summed E-state index contributed by atoms with van der Waals surface area (Å²) in [6, 6.07) is -0.132. The number of hydrogen-bond donors (Lipinski definition) is 1. The lowest BCUT2D eigenvalue weighted by Gasteiger charge is -2.35. The normalized spacial score (nSPS) is 20.8. The minimum absolute atomic E-state index is 0.132. The number of carbonyl (C=O) groups is 1. The van der Waals surface area contributed by atoms with E-state index in [0.29, 0.717) is 12.4 Å². The first-order chi connectivity index (χ1) is 8.47. The largest absolute Gasteiger partial charge is 0.444 e. The summed E-state index contributed by atoms with van der Waals surface area (Å²) in [5.41, 5.74) is -0.490. The van der Waals surface area contributed by atoms with Crippen LogP contribution in [0.15, 0.2) is 0 Å². The zero-order valence-electron chi connectivity index (χ0n) is 11.0. The van der Waals surface area contributed by atoms with Crippen molar-refractivity contribution in [2.24, 2.45) is 0 Å². The molecule has 100 valence electrons. The highest BCUT2D eigenvalue weighted by atomic mass is 16.6. The molecule has 2 heterocycles. The molecule has 1 aliphatic heterocycles. The zero-order valence-corrected chi connectivity index (χ0v) is 11.0. The Hall–Kier alpha value is -1.66. The Bertz CT molecular complexity index is 398. The van der Waals surface area contributed by atoms with Crippen molar-refractivity contribution in [3.63, 3.8) is 0 Å². The molecule has 1 atom stereocenters. The summed E-state index contributed by atoms with van der Waals surface area (Å²) in [6.07, 6.45) is 2.57. The predicted octanol–water partition coefficient (Wildman–Crippen LogP) is 1.66. The van der Waals surface area contributed by atoms with Crippen LogP contribution in [0, 0.1) is 0 Å². The van der Waals surface area contributed by atoms with Crippen LogP contribution in [0.25, 0.3) is 0 Å². The van der Waals surface area contributed by atoms with Crippen LogP contribution in [0.5, 0.6) is 0 Å². The van der Waals surface area contributed by atoms with E-state index in [1.54, 1.807) is 4.90 Å². The van der Waals surface area contributed by atoms with Crippen molar-refractivity contribution in [1.82, 2.24) is 25.5 Å². The summed E-state index contributed by atoms with van der Waals surface area (Å²) in [5, 5.41) is 13.9. The predicted molar refractivity (Wildman–Crippen MR) is 63.7 cm³/mol. The molecular formula is C11H19N5O2. The average Bonchev–Trinajstić information content (AvgIpc) is 2.80. The number of nitrogens with zero attached hydrogens (tertiary/aromatic N) is 4. The van der Waals surface area contributed by atoms with Crippen molar-refractivity contribution in [3.8, 4) is 0 Å². The Balaban J connectivity index is 2.11.